The van der Waals surface area contributed by atoms with E-state index in [0.29, 0.717) is 12.0 Å². The number of nitrogens with zero attached hydrogens (tertiary/aromatic N) is 2. The molecule has 0 unspecified atom stereocenters. The molecule has 0 aliphatic carbocycles. The van der Waals surface area contributed by atoms with Crippen molar-refractivity contribution in [1.29, 1.82) is 0 Å². The van der Waals surface area contributed by atoms with Crippen LogP contribution in [0.25, 0.3) is 5.57 Å². The zero-order chi connectivity index (χ0) is 16.7. The Kier molecular flexibility index (Phi) is 5.63. The summed E-state index contributed by atoms with van der Waals surface area (Å²) in [5, 5.41) is 9.68. The molecule has 0 atom stereocenters. The van der Waals surface area contributed by atoms with Gasteiger partial charge in [0.2, 0.25) is 0 Å². The first-order chi connectivity index (χ1) is 11.2. The Morgan fingerprint density at radius 3 is 2.91 bits per heavy atom. The van der Waals surface area contributed by atoms with Crippen LogP contribution in [0.4, 0.5) is 0 Å². The Morgan fingerprint density at radius 2 is 2.17 bits per heavy atom. The van der Waals surface area contributed by atoms with Gasteiger partial charge in [-0.05, 0) is 36.8 Å². The van der Waals surface area contributed by atoms with E-state index < -0.39 is 0 Å². The third-order valence-corrected chi connectivity index (χ3v) is 3.28. The largest absolute Gasteiger partial charge is 0.507 e. The minimum atomic E-state index is -0.0980. The van der Waals surface area contributed by atoms with Gasteiger partial charge in [0.25, 0.3) is 0 Å². The van der Waals surface area contributed by atoms with E-state index in [1.807, 2.05) is 25.1 Å². The maximum Gasteiger partial charge on any atom is 0.157 e. The number of rotatable bonds is 6. The highest BCUT2D eigenvalue weighted by atomic mass is 16.5. The molecule has 0 aliphatic rings. The molecule has 0 saturated heterocycles. The van der Waals surface area contributed by atoms with Gasteiger partial charge < -0.3 is 9.84 Å². The SMILES string of the molecule is C/N=C\C=C(/C)c1ncccc1COc1cccc(O)c1C=O. The van der Waals surface area contributed by atoms with Crippen molar-refractivity contribution in [3.8, 4) is 11.5 Å². The average molecular weight is 310 g/mol. The van der Waals surface area contributed by atoms with Crippen LogP contribution in [0, 0.1) is 0 Å². The molecule has 1 aromatic carbocycles. The summed E-state index contributed by atoms with van der Waals surface area (Å²) in [4.78, 5) is 19.4. The van der Waals surface area contributed by atoms with Gasteiger partial charge in [0.05, 0.1) is 11.3 Å². The number of pyridine rings is 1. The number of hydrogen-bond donors (Lipinski definition) is 1. The number of aromatic hydroxyl groups is 1. The highest BCUT2D eigenvalue weighted by molar-refractivity contribution is 5.84. The summed E-state index contributed by atoms with van der Waals surface area (Å²) < 4.78 is 5.70. The number of ether oxygens (including phenoxy) is 1. The van der Waals surface area contributed by atoms with Crippen molar-refractivity contribution in [2.24, 2.45) is 4.99 Å². The lowest BCUT2D eigenvalue weighted by Crippen LogP contribution is -2.03. The zero-order valence-corrected chi connectivity index (χ0v) is 13.1. The smallest absolute Gasteiger partial charge is 0.157 e. The summed E-state index contributed by atoms with van der Waals surface area (Å²) in [5.74, 6) is 0.241. The molecule has 0 fully saturated rings. The molecular formula is C18H18N2O3. The number of carbonyl (C=O) groups excluding carboxylic acids is 1. The molecule has 0 spiro atoms. The molecule has 5 nitrogen and oxygen atoms in total. The Morgan fingerprint density at radius 1 is 1.35 bits per heavy atom. The minimum absolute atomic E-state index is 0.0980. The fourth-order valence-corrected chi connectivity index (χ4v) is 2.11. The molecular weight excluding hydrogens is 292 g/mol. The maximum absolute atomic E-state index is 11.1. The van der Waals surface area contributed by atoms with Crippen molar-refractivity contribution in [1.82, 2.24) is 4.98 Å². The van der Waals surface area contributed by atoms with Gasteiger partial charge in [0.1, 0.15) is 18.1 Å². The van der Waals surface area contributed by atoms with Crippen LogP contribution in [0.3, 0.4) is 0 Å². The van der Waals surface area contributed by atoms with Gasteiger partial charge in [0, 0.05) is 25.0 Å². The van der Waals surface area contributed by atoms with Crippen LogP contribution < -0.4 is 4.74 Å². The van der Waals surface area contributed by atoms with Crippen LogP contribution in [0.1, 0.15) is 28.5 Å². The van der Waals surface area contributed by atoms with E-state index in [1.165, 1.54) is 6.07 Å². The number of hydrogen-bond acceptors (Lipinski definition) is 5. The van der Waals surface area contributed by atoms with Crippen LogP contribution in [0.2, 0.25) is 0 Å². The molecule has 1 N–H and O–H groups in total. The van der Waals surface area contributed by atoms with E-state index in [2.05, 4.69) is 9.98 Å². The van der Waals surface area contributed by atoms with E-state index in [0.717, 1.165) is 16.8 Å². The van der Waals surface area contributed by atoms with E-state index in [9.17, 15) is 9.90 Å². The number of benzene rings is 1. The molecule has 0 amide bonds. The lowest BCUT2D eigenvalue weighted by molar-refractivity contribution is 0.111. The minimum Gasteiger partial charge on any atom is -0.507 e. The number of phenols is 1. The molecule has 0 saturated carbocycles. The number of aliphatic imine (C=N–C) groups is 1. The monoisotopic (exact) mass is 310 g/mol. The number of allylic oxidation sites excluding steroid dienone is 2. The molecule has 1 heterocycles. The Bertz CT molecular complexity index is 752. The molecule has 2 aromatic rings. The Hall–Kier alpha value is -2.95. The van der Waals surface area contributed by atoms with Crippen LogP contribution in [-0.2, 0) is 6.61 Å². The molecule has 2 rings (SSSR count). The summed E-state index contributed by atoms with van der Waals surface area (Å²) in [5.41, 5.74) is 2.79. The standard InChI is InChI=1S/C18H18N2O3/c1-13(8-10-19-2)18-14(5-4-9-20-18)12-23-17-7-3-6-16(22)15(17)11-21/h3-11,22H,12H2,1-2H3/b13-8+,19-10-. The number of aromatic nitrogens is 1. The Balaban J connectivity index is 2.25. The summed E-state index contributed by atoms with van der Waals surface area (Å²) in [6, 6.07) is 8.46. The van der Waals surface area contributed by atoms with Crippen LogP contribution in [0.15, 0.2) is 47.6 Å². The van der Waals surface area contributed by atoms with Gasteiger partial charge in [-0.1, -0.05) is 12.1 Å². The van der Waals surface area contributed by atoms with Gasteiger partial charge in [0.15, 0.2) is 6.29 Å². The first kappa shape index (κ1) is 16.4. The second-order valence-electron chi connectivity index (χ2n) is 4.86. The first-order valence-corrected chi connectivity index (χ1v) is 7.10. The second-order valence-corrected chi connectivity index (χ2v) is 4.86. The van der Waals surface area contributed by atoms with Crippen molar-refractivity contribution in [2.75, 3.05) is 7.05 Å². The number of phenolic OH excluding ortho intramolecular Hbond substituents is 1. The summed E-state index contributed by atoms with van der Waals surface area (Å²) in [6.45, 7) is 2.18. The van der Waals surface area contributed by atoms with Crippen molar-refractivity contribution in [2.45, 2.75) is 13.5 Å². The highest BCUT2D eigenvalue weighted by Gasteiger charge is 2.10. The lowest BCUT2D eigenvalue weighted by atomic mass is 10.1. The second kappa shape index (κ2) is 7.89. The molecule has 23 heavy (non-hydrogen) atoms. The fourth-order valence-electron chi connectivity index (χ4n) is 2.11. The summed E-state index contributed by atoms with van der Waals surface area (Å²) in [7, 11) is 1.70. The third-order valence-electron chi connectivity index (χ3n) is 3.28. The van der Waals surface area contributed by atoms with Crippen LogP contribution in [0.5, 0.6) is 11.5 Å². The van der Waals surface area contributed by atoms with E-state index in [1.54, 1.807) is 31.6 Å². The van der Waals surface area contributed by atoms with Gasteiger partial charge in [-0.15, -0.1) is 0 Å². The predicted molar refractivity (Wildman–Crippen MR) is 90.1 cm³/mol. The molecule has 118 valence electrons. The first-order valence-electron chi connectivity index (χ1n) is 7.10. The van der Waals surface area contributed by atoms with Crippen molar-refractivity contribution >= 4 is 18.1 Å². The number of carbonyl (C=O) groups is 1. The lowest BCUT2D eigenvalue weighted by Gasteiger charge is -2.12. The third kappa shape index (κ3) is 4.03. The predicted octanol–water partition coefficient (Wildman–Crippen LogP) is 3.28. The van der Waals surface area contributed by atoms with Crippen LogP contribution in [-0.4, -0.2) is 29.6 Å². The number of aldehydes is 1. The topological polar surface area (TPSA) is 71.8 Å². The maximum atomic E-state index is 11.1. The van der Waals surface area contributed by atoms with Gasteiger partial charge in [-0.3, -0.25) is 14.8 Å². The van der Waals surface area contributed by atoms with Crippen molar-refractivity contribution in [3.05, 3.63) is 59.4 Å². The Labute approximate surface area is 135 Å². The molecule has 1 aromatic heterocycles. The van der Waals surface area contributed by atoms with Crippen molar-refractivity contribution in [3.63, 3.8) is 0 Å². The summed E-state index contributed by atoms with van der Waals surface area (Å²) in [6.07, 6.45) is 5.87. The molecule has 0 bridgehead atoms. The van der Waals surface area contributed by atoms with Gasteiger partial charge in [-0.25, -0.2) is 0 Å². The molecule has 0 aliphatic heterocycles. The van der Waals surface area contributed by atoms with E-state index in [4.69, 9.17) is 4.74 Å². The highest BCUT2D eigenvalue weighted by Crippen LogP contribution is 2.27. The van der Waals surface area contributed by atoms with E-state index >= 15 is 0 Å². The van der Waals surface area contributed by atoms with E-state index in [-0.39, 0.29) is 17.9 Å². The van der Waals surface area contributed by atoms with Gasteiger partial charge >= 0.3 is 0 Å². The fraction of sp³-hybridized carbons (Fsp3) is 0.167. The molecule has 5 heteroatoms. The average Bonchev–Trinajstić information content (AvgIpc) is 2.58. The van der Waals surface area contributed by atoms with Crippen molar-refractivity contribution < 1.29 is 14.6 Å². The molecule has 0 radical (unpaired) electrons. The van der Waals surface area contributed by atoms with Gasteiger partial charge in [-0.2, -0.15) is 0 Å². The summed E-state index contributed by atoms with van der Waals surface area (Å²) >= 11 is 0. The quantitative estimate of drug-likeness (QED) is 0.656. The van der Waals surface area contributed by atoms with Crippen LogP contribution >= 0.6 is 0 Å². The normalized spacial score (nSPS) is 11.7. The zero-order valence-electron chi connectivity index (χ0n) is 13.1.